The number of benzene rings is 1. The van der Waals surface area contributed by atoms with E-state index in [-0.39, 0.29) is 5.84 Å². The van der Waals surface area contributed by atoms with Gasteiger partial charge in [-0.05, 0) is 48.4 Å². The van der Waals surface area contributed by atoms with Gasteiger partial charge in [0.25, 0.3) is 0 Å². The first-order chi connectivity index (χ1) is 12.2. The Balaban J connectivity index is 0.000000187. The number of aryl methyl sites for hydroxylation is 1. The molecule has 0 aliphatic carbocycles. The Kier molecular flexibility index (Phi) is 5.81. The number of aromatic nitrogens is 1. The van der Waals surface area contributed by atoms with Gasteiger partial charge in [-0.25, -0.2) is 4.79 Å². The van der Waals surface area contributed by atoms with Crippen LogP contribution in [0.4, 0.5) is 18.0 Å². The number of amidine groups is 1. The monoisotopic (exact) mass is 367 g/mol. The highest BCUT2D eigenvalue weighted by atomic mass is 19.4. The molecule has 1 aromatic carbocycles. The van der Waals surface area contributed by atoms with E-state index in [4.69, 9.17) is 15.6 Å². The molecule has 26 heavy (non-hydrogen) atoms. The molecule has 9 heteroatoms. The van der Waals surface area contributed by atoms with Gasteiger partial charge in [-0.2, -0.15) is 18.2 Å². The molecule has 2 aromatic rings. The fraction of sp³-hybridized carbons (Fsp3) is 0.235. The summed E-state index contributed by atoms with van der Waals surface area (Å²) in [5, 5.41) is 8.32. The number of rotatable bonds is 1. The van der Waals surface area contributed by atoms with Crippen molar-refractivity contribution in [3.63, 3.8) is 0 Å². The normalized spacial score (nSPS) is 13.3. The Hall–Kier alpha value is -3.10. The molecule has 0 bridgehead atoms. The van der Waals surface area contributed by atoms with Gasteiger partial charge in [0.15, 0.2) is 5.84 Å². The summed E-state index contributed by atoms with van der Waals surface area (Å²) in [6, 6.07) is 7.04. The molecule has 1 aliphatic rings. The summed E-state index contributed by atoms with van der Waals surface area (Å²) in [4.78, 5) is 17.2. The molecule has 0 saturated carbocycles. The van der Waals surface area contributed by atoms with Crippen molar-refractivity contribution in [1.82, 2.24) is 4.98 Å². The maximum absolute atomic E-state index is 12.2. The number of ether oxygens (including phenoxy) is 1. The number of pyridine rings is 1. The van der Waals surface area contributed by atoms with Crippen LogP contribution >= 0.6 is 0 Å². The number of nitrogens with zero attached hydrogens (tertiary/aromatic N) is 2. The molecule has 0 saturated heterocycles. The van der Waals surface area contributed by atoms with Crippen LogP contribution < -0.4 is 10.5 Å². The lowest BCUT2D eigenvalue weighted by Crippen LogP contribution is -2.16. The van der Waals surface area contributed by atoms with Gasteiger partial charge in [-0.1, -0.05) is 0 Å². The largest absolute Gasteiger partial charge is 0.493 e. The van der Waals surface area contributed by atoms with Crippen LogP contribution in [-0.4, -0.2) is 28.6 Å². The number of nitrogens with two attached hydrogens (primary N) is 1. The number of carboxylic acid groups (broad SMARTS) is 1. The first-order valence-corrected chi connectivity index (χ1v) is 7.50. The summed E-state index contributed by atoms with van der Waals surface area (Å²) in [5.41, 5.74) is 6.75. The van der Waals surface area contributed by atoms with Crippen LogP contribution in [0.5, 0.6) is 5.75 Å². The van der Waals surface area contributed by atoms with Crippen LogP contribution in [0.15, 0.2) is 41.5 Å². The van der Waals surface area contributed by atoms with E-state index in [1.807, 2.05) is 6.92 Å². The number of carbonyl (C=O) groups is 1. The van der Waals surface area contributed by atoms with Crippen LogP contribution in [0.3, 0.4) is 0 Å². The lowest BCUT2D eigenvalue weighted by molar-refractivity contribution is -0.137. The van der Waals surface area contributed by atoms with Crippen LogP contribution in [-0.2, 0) is 12.6 Å². The Morgan fingerprint density at radius 3 is 2.65 bits per heavy atom. The molecule has 0 fully saturated rings. The minimum atomic E-state index is -4.25. The summed E-state index contributed by atoms with van der Waals surface area (Å²) < 4.78 is 41.7. The number of halogens is 3. The molecule has 0 radical (unpaired) electrons. The fourth-order valence-electron chi connectivity index (χ4n) is 2.20. The second-order valence-electron chi connectivity index (χ2n) is 5.42. The summed E-state index contributed by atoms with van der Waals surface area (Å²) in [6.45, 7) is 2.34. The van der Waals surface area contributed by atoms with E-state index < -0.39 is 17.8 Å². The van der Waals surface area contributed by atoms with Crippen LogP contribution in [0, 0.1) is 6.92 Å². The average molecular weight is 367 g/mol. The molecule has 3 N–H and O–H groups in total. The van der Waals surface area contributed by atoms with Gasteiger partial charge in [0, 0.05) is 12.6 Å². The minimum Gasteiger partial charge on any atom is -0.493 e. The summed E-state index contributed by atoms with van der Waals surface area (Å²) in [5.74, 6) is 0.490. The van der Waals surface area contributed by atoms with E-state index in [0.717, 1.165) is 17.7 Å². The Labute approximate surface area is 147 Å². The van der Waals surface area contributed by atoms with Crippen molar-refractivity contribution < 1.29 is 27.8 Å². The van der Waals surface area contributed by atoms with Crippen molar-refractivity contribution in [3.05, 3.63) is 58.9 Å². The Morgan fingerprint density at radius 2 is 2.04 bits per heavy atom. The Bertz CT molecular complexity index is 835. The van der Waals surface area contributed by atoms with E-state index in [9.17, 15) is 18.0 Å². The molecule has 1 aromatic heterocycles. The third-order valence-electron chi connectivity index (χ3n) is 3.41. The zero-order chi connectivity index (χ0) is 19.3. The van der Waals surface area contributed by atoms with E-state index >= 15 is 0 Å². The van der Waals surface area contributed by atoms with Gasteiger partial charge < -0.3 is 15.6 Å². The van der Waals surface area contributed by atoms with Gasteiger partial charge in [-0.15, -0.1) is 0 Å². The van der Waals surface area contributed by atoms with Gasteiger partial charge in [0.05, 0.1) is 12.2 Å². The first-order valence-electron chi connectivity index (χ1n) is 7.50. The van der Waals surface area contributed by atoms with Crippen molar-refractivity contribution in [3.8, 4) is 5.75 Å². The van der Waals surface area contributed by atoms with Crippen LogP contribution in [0.1, 0.15) is 22.4 Å². The smallest absolute Gasteiger partial charge is 0.433 e. The number of aliphatic imine (C=N–C) groups is 1. The van der Waals surface area contributed by atoms with Gasteiger partial charge in [0.2, 0.25) is 0 Å². The van der Waals surface area contributed by atoms with Gasteiger partial charge in [-0.3, -0.25) is 4.98 Å². The molecular weight excluding hydrogens is 351 g/mol. The zero-order valence-electron chi connectivity index (χ0n) is 13.7. The molecule has 0 unspecified atom stereocenters. The quantitative estimate of drug-likeness (QED) is 0.595. The van der Waals surface area contributed by atoms with E-state index in [0.29, 0.717) is 30.0 Å². The minimum absolute atomic E-state index is 0.0869. The molecule has 0 spiro atoms. The van der Waals surface area contributed by atoms with Crippen LogP contribution in [0.25, 0.3) is 0 Å². The second kappa shape index (κ2) is 7.85. The molecule has 1 amide bonds. The first kappa shape index (κ1) is 19.2. The highest BCUT2D eigenvalue weighted by molar-refractivity contribution is 6.01. The third kappa shape index (κ3) is 5.20. The molecule has 138 valence electrons. The number of hydrogen-bond donors (Lipinski definition) is 2. The third-order valence-corrected chi connectivity index (χ3v) is 3.41. The number of amides is 1. The number of hydrogen-bond acceptors (Lipinski definition) is 3. The van der Waals surface area contributed by atoms with Crippen molar-refractivity contribution in [1.29, 1.82) is 0 Å². The summed E-state index contributed by atoms with van der Waals surface area (Å²) in [7, 11) is 0. The molecular formula is C17H16F3N3O3. The summed E-state index contributed by atoms with van der Waals surface area (Å²) >= 11 is 0. The maximum Gasteiger partial charge on any atom is 0.433 e. The highest BCUT2D eigenvalue weighted by Gasteiger charge is 2.31. The zero-order valence-corrected chi connectivity index (χ0v) is 13.7. The van der Waals surface area contributed by atoms with Crippen LogP contribution in [0.2, 0.25) is 0 Å². The molecule has 0 atom stereocenters. The van der Waals surface area contributed by atoms with Gasteiger partial charge >= 0.3 is 12.3 Å². The van der Waals surface area contributed by atoms with E-state index in [1.54, 1.807) is 18.3 Å². The van der Waals surface area contributed by atoms with Gasteiger partial charge in [0.1, 0.15) is 11.4 Å². The highest BCUT2D eigenvalue weighted by Crippen LogP contribution is 2.34. The maximum atomic E-state index is 12.2. The predicted molar refractivity (Wildman–Crippen MR) is 88.4 cm³/mol. The molecule has 3 rings (SSSR count). The van der Waals surface area contributed by atoms with Crippen molar-refractivity contribution >= 4 is 11.9 Å². The lowest BCUT2D eigenvalue weighted by atomic mass is 10.1. The molecule has 6 nitrogen and oxygen atoms in total. The number of alkyl halides is 3. The lowest BCUT2D eigenvalue weighted by Gasteiger charge is -2.07. The molecule has 2 heterocycles. The predicted octanol–water partition coefficient (Wildman–Crippen LogP) is 3.41. The van der Waals surface area contributed by atoms with Crippen molar-refractivity contribution in [2.24, 2.45) is 10.7 Å². The second-order valence-corrected chi connectivity index (χ2v) is 5.42. The van der Waals surface area contributed by atoms with E-state index in [1.165, 1.54) is 6.07 Å². The summed E-state index contributed by atoms with van der Waals surface area (Å²) in [6.07, 6.45) is -3.45. The van der Waals surface area contributed by atoms with Crippen molar-refractivity contribution in [2.45, 2.75) is 19.5 Å². The number of fused-ring (bicyclic) bond motifs is 1. The van der Waals surface area contributed by atoms with E-state index in [2.05, 4.69) is 9.98 Å². The van der Waals surface area contributed by atoms with Crippen molar-refractivity contribution in [2.75, 3.05) is 6.61 Å². The average Bonchev–Trinajstić information content (AvgIpc) is 3.01. The fourth-order valence-corrected chi connectivity index (χ4v) is 2.20. The molecule has 1 aliphatic heterocycles. The standard InChI is InChI=1S/C9H7F3O.C8H9N3O2/c10-9(11,12)7-1-2-8-6(5-7)3-4-13-8;1-5-2-3-10-6(4-5)7(9)11-8(12)13/h1-2,5H,3-4H2;2-4H,1H3,(H2,9,11)(H,12,13). The SMILES string of the molecule is Cc1ccnc(/C(N)=N/C(=O)O)c1.FC(F)(F)c1ccc2c(c1)CCO2. The Morgan fingerprint density at radius 1 is 1.31 bits per heavy atom. The topological polar surface area (TPSA) is 97.8 Å².